The van der Waals surface area contributed by atoms with E-state index in [2.05, 4.69) is 4.74 Å². The van der Waals surface area contributed by atoms with Crippen LogP contribution in [0.3, 0.4) is 0 Å². The summed E-state index contributed by atoms with van der Waals surface area (Å²) in [7, 11) is 0. The molecule has 0 atom stereocenters. The molecule has 0 aromatic heterocycles. The Labute approximate surface area is 107 Å². The molecule has 0 amide bonds. The van der Waals surface area contributed by atoms with Crippen LogP contribution >= 0.6 is 0 Å². The Kier molecular flexibility index (Phi) is 3.55. The molecule has 0 radical (unpaired) electrons. The fourth-order valence-corrected chi connectivity index (χ4v) is 1.70. The van der Waals surface area contributed by atoms with Crippen molar-refractivity contribution in [3.8, 4) is 16.9 Å². The van der Waals surface area contributed by atoms with Crippen LogP contribution in [0.4, 0.5) is 13.2 Å². The molecule has 19 heavy (non-hydrogen) atoms. The molecular formula is C14H9F3O2. The van der Waals surface area contributed by atoms with Gasteiger partial charge in [0.2, 0.25) is 0 Å². The smallest absolute Gasteiger partial charge is 0.406 e. The number of hydrogen-bond acceptors (Lipinski definition) is 2. The molecule has 2 aromatic rings. The molecule has 98 valence electrons. The van der Waals surface area contributed by atoms with Gasteiger partial charge in [0.25, 0.3) is 0 Å². The quantitative estimate of drug-likeness (QED) is 0.783. The topological polar surface area (TPSA) is 26.3 Å². The lowest BCUT2D eigenvalue weighted by Crippen LogP contribution is -2.16. The molecule has 0 saturated heterocycles. The lowest BCUT2D eigenvalue weighted by atomic mass is 10.0. The van der Waals surface area contributed by atoms with E-state index in [1.807, 2.05) is 0 Å². The minimum absolute atomic E-state index is 0.292. The Morgan fingerprint density at radius 2 is 1.58 bits per heavy atom. The van der Waals surface area contributed by atoms with Crippen molar-refractivity contribution in [1.29, 1.82) is 0 Å². The first kappa shape index (κ1) is 13.1. The van der Waals surface area contributed by atoms with E-state index in [0.717, 1.165) is 0 Å². The average molecular weight is 266 g/mol. The van der Waals surface area contributed by atoms with E-state index in [4.69, 9.17) is 0 Å². The molecule has 0 saturated carbocycles. The first-order valence-electron chi connectivity index (χ1n) is 5.40. The highest BCUT2D eigenvalue weighted by Gasteiger charge is 2.30. The SMILES string of the molecule is O=Cc1ccccc1-c1ccc(OC(F)(F)F)cc1. The summed E-state index contributed by atoms with van der Waals surface area (Å²) in [5.41, 5.74) is 1.79. The summed E-state index contributed by atoms with van der Waals surface area (Å²) >= 11 is 0. The highest BCUT2D eigenvalue weighted by Crippen LogP contribution is 2.27. The van der Waals surface area contributed by atoms with Crippen molar-refractivity contribution in [3.05, 3.63) is 54.1 Å². The molecule has 0 aliphatic carbocycles. The zero-order valence-corrected chi connectivity index (χ0v) is 9.65. The maximum atomic E-state index is 12.0. The first-order chi connectivity index (χ1) is 8.99. The Morgan fingerprint density at radius 1 is 0.947 bits per heavy atom. The lowest BCUT2D eigenvalue weighted by molar-refractivity contribution is -0.274. The summed E-state index contributed by atoms with van der Waals surface area (Å²) in [5.74, 6) is -0.292. The number of aldehydes is 1. The van der Waals surface area contributed by atoms with Gasteiger partial charge in [0.05, 0.1) is 0 Å². The van der Waals surface area contributed by atoms with Crippen molar-refractivity contribution in [2.24, 2.45) is 0 Å². The van der Waals surface area contributed by atoms with Gasteiger partial charge >= 0.3 is 6.36 Å². The molecule has 2 rings (SSSR count). The normalized spacial score (nSPS) is 11.1. The van der Waals surface area contributed by atoms with Crippen molar-refractivity contribution in [2.45, 2.75) is 6.36 Å². The fourth-order valence-electron chi connectivity index (χ4n) is 1.70. The number of benzene rings is 2. The molecule has 0 N–H and O–H groups in total. The Balaban J connectivity index is 2.30. The zero-order valence-electron chi connectivity index (χ0n) is 9.65. The van der Waals surface area contributed by atoms with E-state index < -0.39 is 6.36 Å². The number of halogens is 3. The maximum absolute atomic E-state index is 12.0. The summed E-state index contributed by atoms with van der Waals surface area (Å²) in [6.45, 7) is 0. The van der Waals surface area contributed by atoms with Crippen LogP contribution in [0.5, 0.6) is 5.75 Å². The van der Waals surface area contributed by atoms with Crippen LogP contribution in [0.1, 0.15) is 10.4 Å². The van der Waals surface area contributed by atoms with Gasteiger partial charge in [-0.1, -0.05) is 36.4 Å². The summed E-state index contributed by atoms with van der Waals surface area (Å²) in [4.78, 5) is 10.9. The second-order valence-corrected chi connectivity index (χ2v) is 3.78. The molecular weight excluding hydrogens is 257 g/mol. The second-order valence-electron chi connectivity index (χ2n) is 3.78. The highest BCUT2D eigenvalue weighted by molar-refractivity contribution is 5.87. The predicted octanol–water partition coefficient (Wildman–Crippen LogP) is 4.06. The molecule has 2 aromatic carbocycles. The molecule has 0 bridgehead atoms. The van der Waals surface area contributed by atoms with Crippen LogP contribution in [0.25, 0.3) is 11.1 Å². The third-order valence-electron chi connectivity index (χ3n) is 2.49. The van der Waals surface area contributed by atoms with E-state index in [1.165, 1.54) is 24.3 Å². The van der Waals surface area contributed by atoms with Crippen LogP contribution in [0, 0.1) is 0 Å². The number of carbonyl (C=O) groups is 1. The largest absolute Gasteiger partial charge is 0.573 e. The Hall–Kier alpha value is -2.30. The molecule has 2 nitrogen and oxygen atoms in total. The third kappa shape index (κ3) is 3.34. The number of ether oxygens (including phenoxy) is 1. The molecule has 0 aliphatic rings. The van der Waals surface area contributed by atoms with Gasteiger partial charge in [-0.3, -0.25) is 4.79 Å². The summed E-state index contributed by atoms with van der Waals surface area (Å²) < 4.78 is 39.8. The van der Waals surface area contributed by atoms with E-state index in [0.29, 0.717) is 23.0 Å². The van der Waals surface area contributed by atoms with E-state index >= 15 is 0 Å². The van der Waals surface area contributed by atoms with E-state index in [-0.39, 0.29) is 5.75 Å². The zero-order chi connectivity index (χ0) is 13.9. The van der Waals surface area contributed by atoms with Crippen molar-refractivity contribution in [3.63, 3.8) is 0 Å². The monoisotopic (exact) mass is 266 g/mol. The van der Waals surface area contributed by atoms with Crippen LogP contribution < -0.4 is 4.74 Å². The van der Waals surface area contributed by atoms with Crippen LogP contribution in [0.2, 0.25) is 0 Å². The van der Waals surface area contributed by atoms with Gasteiger partial charge in [-0.15, -0.1) is 13.2 Å². The lowest BCUT2D eigenvalue weighted by Gasteiger charge is -2.10. The fraction of sp³-hybridized carbons (Fsp3) is 0.0714. The predicted molar refractivity (Wildman–Crippen MR) is 63.9 cm³/mol. The summed E-state index contributed by atoms with van der Waals surface area (Å²) in [6, 6.07) is 12.2. The minimum atomic E-state index is -4.71. The molecule has 5 heteroatoms. The minimum Gasteiger partial charge on any atom is -0.406 e. The van der Waals surface area contributed by atoms with E-state index in [1.54, 1.807) is 24.3 Å². The maximum Gasteiger partial charge on any atom is 0.573 e. The second kappa shape index (κ2) is 5.14. The number of carbonyl (C=O) groups excluding carboxylic acids is 1. The van der Waals surface area contributed by atoms with Crippen molar-refractivity contribution in [1.82, 2.24) is 0 Å². The summed E-state index contributed by atoms with van der Waals surface area (Å²) in [6.07, 6.45) is -4.00. The van der Waals surface area contributed by atoms with Gasteiger partial charge in [0.1, 0.15) is 5.75 Å². The average Bonchev–Trinajstić information content (AvgIpc) is 2.38. The number of rotatable bonds is 3. The first-order valence-corrected chi connectivity index (χ1v) is 5.40. The standard InChI is InChI=1S/C14H9F3O2/c15-14(16,17)19-12-7-5-10(6-8-12)13-4-2-1-3-11(13)9-18/h1-9H. The van der Waals surface area contributed by atoms with Gasteiger partial charge < -0.3 is 4.74 Å². The van der Waals surface area contributed by atoms with Gasteiger partial charge in [0, 0.05) is 5.56 Å². The van der Waals surface area contributed by atoms with Crippen molar-refractivity contribution in [2.75, 3.05) is 0 Å². The van der Waals surface area contributed by atoms with Gasteiger partial charge in [-0.25, -0.2) is 0 Å². The molecule has 0 aliphatic heterocycles. The van der Waals surface area contributed by atoms with Gasteiger partial charge in [-0.2, -0.15) is 0 Å². The van der Waals surface area contributed by atoms with Gasteiger partial charge in [0.15, 0.2) is 6.29 Å². The molecule has 0 spiro atoms. The highest BCUT2D eigenvalue weighted by atomic mass is 19.4. The third-order valence-corrected chi connectivity index (χ3v) is 2.49. The van der Waals surface area contributed by atoms with Crippen LogP contribution in [-0.4, -0.2) is 12.6 Å². The molecule has 0 fully saturated rings. The number of hydrogen-bond donors (Lipinski definition) is 0. The van der Waals surface area contributed by atoms with Crippen molar-refractivity contribution < 1.29 is 22.7 Å². The number of alkyl halides is 3. The van der Waals surface area contributed by atoms with E-state index in [9.17, 15) is 18.0 Å². The van der Waals surface area contributed by atoms with Crippen LogP contribution in [-0.2, 0) is 0 Å². The molecule has 0 unspecified atom stereocenters. The Bertz CT molecular complexity index is 574. The Morgan fingerprint density at radius 3 is 2.16 bits per heavy atom. The van der Waals surface area contributed by atoms with Gasteiger partial charge in [-0.05, 0) is 23.3 Å². The molecule has 0 heterocycles. The summed E-state index contributed by atoms with van der Waals surface area (Å²) in [5, 5.41) is 0. The van der Waals surface area contributed by atoms with Crippen LogP contribution in [0.15, 0.2) is 48.5 Å². The van der Waals surface area contributed by atoms with Crippen molar-refractivity contribution >= 4 is 6.29 Å².